The van der Waals surface area contributed by atoms with Crippen molar-refractivity contribution in [1.29, 1.82) is 5.26 Å². The van der Waals surface area contributed by atoms with Crippen LogP contribution in [0, 0.1) is 11.3 Å². The number of thiophene rings is 1. The Bertz CT molecular complexity index is 3030. The van der Waals surface area contributed by atoms with Gasteiger partial charge >= 0.3 is 0 Å². The zero-order valence-corrected chi connectivity index (χ0v) is 30.5. The standard InChI is InChI=1S/C51H31N3S/c52-32-33-26-41(30-43(27-33)44-15-9-16-46-45-14-7-8-17-49(45)55-50(44)46)40-25-21-35-20-24-39(28-42(35)29-40)34-18-22-37(23-19-34)48-31-47(36-10-3-1-4-11-36)53-51(54-48)38-12-5-2-6-13-38/h1-31H. The molecule has 0 unspecified atom stereocenters. The summed E-state index contributed by atoms with van der Waals surface area (Å²) in [6.45, 7) is 0. The molecule has 10 rings (SSSR count). The van der Waals surface area contributed by atoms with E-state index in [1.807, 2.05) is 72.0 Å². The smallest absolute Gasteiger partial charge is 0.160 e. The zero-order chi connectivity index (χ0) is 36.7. The first-order valence-electron chi connectivity index (χ1n) is 18.3. The van der Waals surface area contributed by atoms with E-state index in [9.17, 15) is 5.26 Å². The molecular weight excluding hydrogens is 687 g/mol. The number of hydrogen-bond acceptors (Lipinski definition) is 4. The predicted molar refractivity (Wildman–Crippen MR) is 230 cm³/mol. The maximum Gasteiger partial charge on any atom is 0.160 e. The van der Waals surface area contributed by atoms with Gasteiger partial charge in [0.2, 0.25) is 0 Å². The fraction of sp³-hybridized carbons (Fsp3) is 0. The topological polar surface area (TPSA) is 49.6 Å². The van der Waals surface area contributed by atoms with E-state index in [1.165, 1.54) is 25.6 Å². The van der Waals surface area contributed by atoms with Gasteiger partial charge in [-0.25, -0.2) is 9.97 Å². The van der Waals surface area contributed by atoms with Crippen LogP contribution in [0.3, 0.4) is 0 Å². The third kappa shape index (κ3) is 6.13. The van der Waals surface area contributed by atoms with Gasteiger partial charge in [0.15, 0.2) is 5.82 Å². The van der Waals surface area contributed by atoms with Gasteiger partial charge in [-0.3, -0.25) is 0 Å². The highest BCUT2D eigenvalue weighted by Gasteiger charge is 2.14. The van der Waals surface area contributed by atoms with Gasteiger partial charge in [-0.15, -0.1) is 11.3 Å². The average molecular weight is 718 g/mol. The van der Waals surface area contributed by atoms with Crippen LogP contribution in [0.4, 0.5) is 0 Å². The summed E-state index contributed by atoms with van der Waals surface area (Å²) in [6, 6.07) is 68.0. The maximum atomic E-state index is 10.1. The molecule has 256 valence electrons. The monoisotopic (exact) mass is 717 g/mol. The number of fused-ring (bicyclic) bond motifs is 4. The summed E-state index contributed by atoms with van der Waals surface area (Å²) >= 11 is 1.81. The zero-order valence-electron chi connectivity index (χ0n) is 29.6. The summed E-state index contributed by atoms with van der Waals surface area (Å²) in [6.07, 6.45) is 0. The van der Waals surface area contributed by atoms with Crippen molar-refractivity contribution in [3.8, 4) is 73.4 Å². The summed E-state index contributed by atoms with van der Waals surface area (Å²) in [5.74, 6) is 0.705. The highest BCUT2D eigenvalue weighted by molar-refractivity contribution is 7.26. The number of nitriles is 1. The first-order chi connectivity index (χ1) is 27.2. The van der Waals surface area contributed by atoms with Gasteiger partial charge in [-0.1, -0.05) is 146 Å². The fourth-order valence-electron chi connectivity index (χ4n) is 7.50. The Hall–Kier alpha value is -7.19. The summed E-state index contributed by atoms with van der Waals surface area (Å²) in [5, 5.41) is 14.9. The van der Waals surface area contributed by atoms with Crippen LogP contribution in [0.25, 0.3) is 98.2 Å². The fourth-order valence-corrected chi connectivity index (χ4v) is 8.73. The molecule has 55 heavy (non-hydrogen) atoms. The minimum absolute atomic E-state index is 0.648. The molecule has 4 heteroatoms. The minimum Gasteiger partial charge on any atom is -0.228 e. The molecule has 0 amide bonds. The Labute approximate surface area is 323 Å². The minimum atomic E-state index is 0.648. The highest BCUT2D eigenvalue weighted by atomic mass is 32.1. The van der Waals surface area contributed by atoms with Crippen molar-refractivity contribution in [2.75, 3.05) is 0 Å². The van der Waals surface area contributed by atoms with Crippen LogP contribution in [-0.4, -0.2) is 9.97 Å². The van der Waals surface area contributed by atoms with Crippen molar-refractivity contribution < 1.29 is 0 Å². The number of aromatic nitrogens is 2. The third-order valence-corrected chi connectivity index (χ3v) is 11.5. The molecular formula is C51H31N3S. The number of hydrogen-bond donors (Lipinski definition) is 0. The van der Waals surface area contributed by atoms with Gasteiger partial charge in [-0.05, 0) is 86.6 Å². The highest BCUT2D eigenvalue weighted by Crippen LogP contribution is 2.41. The lowest BCUT2D eigenvalue weighted by Gasteiger charge is -2.11. The van der Waals surface area contributed by atoms with E-state index in [1.54, 1.807) is 0 Å². The lowest BCUT2D eigenvalue weighted by atomic mass is 9.93. The Balaban J connectivity index is 1.00. The molecule has 8 aromatic carbocycles. The molecule has 10 aromatic rings. The lowest BCUT2D eigenvalue weighted by Crippen LogP contribution is -1.95. The molecule has 0 aliphatic carbocycles. The van der Waals surface area contributed by atoms with Crippen LogP contribution in [0.5, 0.6) is 0 Å². The van der Waals surface area contributed by atoms with Crippen molar-refractivity contribution in [2.45, 2.75) is 0 Å². The Morgan fingerprint density at radius 2 is 0.982 bits per heavy atom. The van der Waals surface area contributed by atoms with Gasteiger partial charge in [0, 0.05) is 36.9 Å². The molecule has 0 bridgehead atoms. The van der Waals surface area contributed by atoms with Crippen molar-refractivity contribution in [2.24, 2.45) is 0 Å². The second kappa shape index (κ2) is 13.7. The van der Waals surface area contributed by atoms with Gasteiger partial charge in [-0.2, -0.15) is 5.26 Å². The molecule has 0 saturated heterocycles. The molecule has 0 fully saturated rings. The van der Waals surface area contributed by atoms with E-state index in [0.717, 1.165) is 66.8 Å². The van der Waals surface area contributed by atoms with Crippen molar-refractivity contribution in [1.82, 2.24) is 9.97 Å². The van der Waals surface area contributed by atoms with E-state index in [0.29, 0.717) is 11.4 Å². The van der Waals surface area contributed by atoms with Crippen LogP contribution in [0.2, 0.25) is 0 Å². The van der Waals surface area contributed by atoms with Crippen LogP contribution >= 0.6 is 11.3 Å². The molecule has 0 atom stereocenters. The average Bonchev–Trinajstić information content (AvgIpc) is 3.65. The Morgan fingerprint density at radius 1 is 0.400 bits per heavy atom. The molecule has 0 radical (unpaired) electrons. The molecule has 2 aromatic heterocycles. The van der Waals surface area contributed by atoms with Gasteiger partial charge in [0.1, 0.15) is 0 Å². The quantitative estimate of drug-likeness (QED) is 0.172. The van der Waals surface area contributed by atoms with E-state index in [2.05, 4.69) is 133 Å². The Kier molecular flexibility index (Phi) is 8.06. The molecule has 2 heterocycles. The van der Waals surface area contributed by atoms with Gasteiger partial charge in [0.05, 0.1) is 23.0 Å². The van der Waals surface area contributed by atoms with Crippen LogP contribution in [0.15, 0.2) is 188 Å². The molecule has 0 N–H and O–H groups in total. The number of rotatable bonds is 6. The summed E-state index contributed by atoms with van der Waals surface area (Å²) in [5.41, 5.74) is 12.1. The van der Waals surface area contributed by atoms with E-state index in [4.69, 9.17) is 9.97 Å². The third-order valence-electron chi connectivity index (χ3n) is 10.3. The normalized spacial score (nSPS) is 11.3. The predicted octanol–water partition coefficient (Wildman–Crippen LogP) is 13.9. The molecule has 0 saturated carbocycles. The second-order valence-corrected chi connectivity index (χ2v) is 14.8. The van der Waals surface area contributed by atoms with Gasteiger partial charge in [0.25, 0.3) is 0 Å². The second-order valence-electron chi connectivity index (χ2n) is 13.7. The van der Waals surface area contributed by atoms with Crippen LogP contribution in [0.1, 0.15) is 5.56 Å². The number of benzene rings is 8. The number of nitrogens with zero attached hydrogens (tertiary/aromatic N) is 3. The molecule has 3 nitrogen and oxygen atoms in total. The van der Waals surface area contributed by atoms with Gasteiger partial charge < -0.3 is 0 Å². The van der Waals surface area contributed by atoms with Crippen LogP contribution in [-0.2, 0) is 0 Å². The van der Waals surface area contributed by atoms with E-state index < -0.39 is 0 Å². The lowest BCUT2D eigenvalue weighted by molar-refractivity contribution is 1.18. The van der Waals surface area contributed by atoms with Crippen molar-refractivity contribution >= 4 is 42.3 Å². The van der Waals surface area contributed by atoms with Crippen LogP contribution < -0.4 is 0 Å². The summed E-state index contributed by atoms with van der Waals surface area (Å²) in [7, 11) is 0. The van der Waals surface area contributed by atoms with Crippen molar-refractivity contribution in [3.63, 3.8) is 0 Å². The molecule has 0 aliphatic heterocycles. The first kappa shape index (κ1) is 32.5. The molecule has 0 aliphatic rings. The van der Waals surface area contributed by atoms with E-state index >= 15 is 0 Å². The van der Waals surface area contributed by atoms with Crippen molar-refractivity contribution in [3.05, 3.63) is 194 Å². The first-order valence-corrected chi connectivity index (χ1v) is 19.1. The summed E-state index contributed by atoms with van der Waals surface area (Å²) in [4.78, 5) is 9.96. The SMILES string of the molecule is N#Cc1cc(-c2ccc3ccc(-c4ccc(-c5cc(-c6ccccc6)nc(-c6ccccc6)n5)cc4)cc3c2)cc(-c2cccc3c2sc2ccccc23)c1. The Morgan fingerprint density at radius 3 is 1.71 bits per heavy atom. The maximum absolute atomic E-state index is 10.1. The summed E-state index contributed by atoms with van der Waals surface area (Å²) < 4.78 is 2.51. The van der Waals surface area contributed by atoms with E-state index in [-0.39, 0.29) is 0 Å². The molecule has 0 spiro atoms. The largest absolute Gasteiger partial charge is 0.228 e.